The fraction of sp³-hybridized carbons (Fsp3) is 1.00. The monoisotopic (exact) mass is 398 g/mol. The molecule has 0 aromatic heterocycles. The second-order valence-electron chi connectivity index (χ2n) is 9.21. The summed E-state index contributed by atoms with van der Waals surface area (Å²) in [5, 5.41) is 11.5. The molecule has 3 unspecified atom stereocenters. The minimum Gasteiger partial charge on any atom is -0.390 e. The highest BCUT2D eigenvalue weighted by atomic mass is 79.9. The summed E-state index contributed by atoms with van der Waals surface area (Å²) in [7, 11) is 0. The van der Waals surface area contributed by atoms with E-state index in [1.807, 2.05) is 0 Å². The van der Waals surface area contributed by atoms with Crippen LogP contribution in [0.3, 0.4) is 0 Å². The number of rotatable bonds is 2. The van der Waals surface area contributed by atoms with Gasteiger partial charge in [-0.05, 0) is 44.4 Å². The molecule has 2 nitrogen and oxygen atoms in total. The van der Waals surface area contributed by atoms with Gasteiger partial charge in [-0.15, -0.1) is 0 Å². The summed E-state index contributed by atoms with van der Waals surface area (Å²) < 4.78 is 6.88. The molecule has 0 aromatic carbocycles. The van der Waals surface area contributed by atoms with Crippen molar-refractivity contribution in [1.82, 2.24) is 0 Å². The standard InChI is InChI=1S/C21H35BrO2/c22-21(14-8-3-9-15-21)19-17(23)20(12-6-2-7-13-20)18(24-19)16-10-4-1-5-11-16/h16-19,23H,1-15H2. The van der Waals surface area contributed by atoms with Crippen molar-refractivity contribution in [2.45, 2.75) is 119 Å². The van der Waals surface area contributed by atoms with E-state index in [1.54, 1.807) is 0 Å². The molecule has 3 saturated carbocycles. The molecule has 1 saturated heterocycles. The van der Waals surface area contributed by atoms with Crippen LogP contribution >= 0.6 is 15.9 Å². The second kappa shape index (κ2) is 7.19. The Morgan fingerprint density at radius 1 is 0.708 bits per heavy atom. The van der Waals surface area contributed by atoms with Crippen molar-refractivity contribution >= 4 is 15.9 Å². The van der Waals surface area contributed by atoms with E-state index in [-0.39, 0.29) is 21.9 Å². The molecule has 3 heteroatoms. The van der Waals surface area contributed by atoms with Crippen LogP contribution in [0.4, 0.5) is 0 Å². The number of alkyl halides is 1. The van der Waals surface area contributed by atoms with E-state index in [2.05, 4.69) is 15.9 Å². The fourth-order valence-corrected chi connectivity index (χ4v) is 7.39. The Bertz CT molecular complexity index is 420. The third kappa shape index (κ3) is 3.01. The van der Waals surface area contributed by atoms with Crippen LogP contribution in [-0.4, -0.2) is 27.7 Å². The normalized spacial score (nSPS) is 40.0. The van der Waals surface area contributed by atoms with Crippen molar-refractivity contribution in [3.8, 4) is 0 Å². The van der Waals surface area contributed by atoms with Gasteiger partial charge < -0.3 is 9.84 Å². The van der Waals surface area contributed by atoms with Gasteiger partial charge in [0.2, 0.25) is 0 Å². The third-order valence-corrected chi connectivity index (χ3v) is 9.04. The Kier molecular flexibility index (Phi) is 5.33. The molecular weight excluding hydrogens is 364 g/mol. The number of hydrogen-bond acceptors (Lipinski definition) is 2. The first-order chi connectivity index (χ1) is 11.7. The molecule has 24 heavy (non-hydrogen) atoms. The van der Waals surface area contributed by atoms with Gasteiger partial charge in [0, 0.05) is 5.41 Å². The molecule has 1 N–H and O–H groups in total. The predicted octanol–water partition coefficient (Wildman–Crippen LogP) is 5.74. The Hall–Kier alpha value is 0.400. The zero-order chi connectivity index (χ0) is 16.6. The van der Waals surface area contributed by atoms with Gasteiger partial charge in [0.15, 0.2) is 0 Å². The first-order valence-electron chi connectivity index (χ1n) is 10.7. The van der Waals surface area contributed by atoms with Gasteiger partial charge in [-0.25, -0.2) is 0 Å². The van der Waals surface area contributed by atoms with E-state index in [9.17, 15) is 5.11 Å². The average molecular weight is 399 g/mol. The molecule has 3 atom stereocenters. The fourth-order valence-electron chi connectivity index (χ4n) is 6.47. The minimum atomic E-state index is -0.262. The van der Waals surface area contributed by atoms with Gasteiger partial charge in [-0.1, -0.05) is 73.7 Å². The van der Waals surface area contributed by atoms with Crippen molar-refractivity contribution < 1.29 is 9.84 Å². The molecule has 3 aliphatic carbocycles. The summed E-state index contributed by atoms with van der Waals surface area (Å²) in [6.45, 7) is 0. The number of ether oxygens (including phenoxy) is 1. The van der Waals surface area contributed by atoms with Gasteiger partial charge >= 0.3 is 0 Å². The number of aliphatic hydroxyl groups excluding tert-OH is 1. The molecule has 4 rings (SSSR count). The maximum absolute atomic E-state index is 11.5. The third-order valence-electron chi connectivity index (χ3n) is 7.79. The van der Waals surface area contributed by atoms with Crippen LogP contribution in [0.1, 0.15) is 96.3 Å². The lowest BCUT2D eigenvalue weighted by molar-refractivity contribution is -0.0585. The maximum Gasteiger partial charge on any atom is 0.0997 e. The molecular formula is C21H35BrO2. The molecule has 1 spiro atoms. The van der Waals surface area contributed by atoms with E-state index in [0.717, 1.165) is 0 Å². The number of aliphatic hydroxyl groups is 1. The lowest BCUT2D eigenvalue weighted by Crippen LogP contribution is -2.49. The van der Waals surface area contributed by atoms with E-state index < -0.39 is 0 Å². The Balaban J connectivity index is 1.61. The van der Waals surface area contributed by atoms with Crippen molar-refractivity contribution in [2.24, 2.45) is 11.3 Å². The second-order valence-corrected chi connectivity index (χ2v) is 10.8. The van der Waals surface area contributed by atoms with Crippen LogP contribution in [0.25, 0.3) is 0 Å². The summed E-state index contributed by atoms with van der Waals surface area (Å²) in [5.41, 5.74) is 0.0587. The molecule has 138 valence electrons. The predicted molar refractivity (Wildman–Crippen MR) is 102 cm³/mol. The topological polar surface area (TPSA) is 29.5 Å². The zero-order valence-electron chi connectivity index (χ0n) is 15.1. The molecule has 4 aliphatic rings. The summed E-state index contributed by atoms with van der Waals surface area (Å²) in [4.78, 5) is 0. The molecule has 0 aromatic rings. The summed E-state index contributed by atoms with van der Waals surface area (Å²) >= 11 is 4.08. The highest BCUT2D eigenvalue weighted by Crippen LogP contribution is 2.58. The van der Waals surface area contributed by atoms with Gasteiger partial charge in [-0.3, -0.25) is 0 Å². The largest absolute Gasteiger partial charge is 0.390 e. The molecule has 1 aliphatic heterocycles. The first kappa shape index (κ1) is 17.8. The SMILES string of the molecule is OC1C(C2(Br)CCCCC2)OC(C2CCCCC2)C12CCCCC2. The van der Waals surface area contributed by atoms with E-state index in [4.69, 9.17) is 4.74 Å². The molecule has 0 bridgehead atoms. The van der Waals surface area contributed by atoms with Gasteiger partial charge in [0.05, 0.1) is 22.6 Å². The highest BCUT2D eigenvalue weighted by molar-refractivity contribution is 9.10. The van der Waals surface area contributed by atoms with E-state index >= 15 is 0 Å². The zero-order valence-corrected chi connectivity index (χ0v) is 16.7. The lowest BCUT2D eigenvalue weighted by Gasteiger charge is -2.44. The summed E-state index contributed by atoms with van der Waals surface area (Å²) in [6, 6.07) is 0. The van der Waals surface area contributed by atoms with E-state index in [0.29, 0.717) is 12.0 Å². The lowest BCUT2D eigenvalue weighted by atomic mass is 9.62. The van der Waals surface area contributed by atoms with Crippen molar-refractivity contribution in [2.75, 3.05) is 0 Å². The summed E-state index contributed by atoms with van der Waals surface area (Å²) in [6.07, 6.45) is 19.3. The molecule has 4 fully saturated rings. The van der Waals surface area contributed by atoms with Crippen LogP contribution in [0.5, 0.6) is 0 Å². The molecule has 0 radical (unpaired) electrons. The number of halogens is 1. The average Bonchev–Trinajstić information content (AvgIpc) is 2.90. The van der Waals surface area contributed by atoms with Crippen LogP contribution in [-0.2, 0) is 4.74 Å². The van der Waals surface area contributed by atoms with Crippen LogP contribution in [0.2, 0.25) is 0 Å². The smallest absolute Gasteiger partial charge is 0.0997 e. The van der Waals surface area contributed by atoms with Gasteiger partial charge in [-0.2, -0.15) is 0 Å². The molecule has 0 amide bonds. The maximum atomic E-state index is 11.5. The number of hydrogen-bond donors (Lipinski definition) is 1. The van der Waals surface area contributed by atoms with Crippen molar-refractivity contribution in [3.05, 3.63) is 0 Å². The van der Waals surface area contributed by atoms with Crippen LogP contribution < -0.4 is 0 Å². The van der Waals surface area contributed by atoms with Crippen molar-refractivity contribution in [1.29, 1.82) is 0 Å². The first-order valence-corrected chi connectivity index (χ1v) is 11.5. The van der Waals surface area contributed by atoms with Crippen LogP contribution in [0.15, 0.2) is 0 Å². The summed E-state index contributed by atoms with van der Waals surface area (Å²) in [5.74, 6) is 0.691. The molecule has 1 heterocycles. The minimum absolute atomic E-state index is 0.0165. The van der Waals surface area contributed by atoms with Gasteiger partial charge in [0.25, 0.3) is 0 Å². The van der Waals surface area contributed by atoms with E-state index in [1.165, 1.54) is 96.3 Å². The quantitative estimate of drug-likeness (QED) is 0.600. The Morgan fingerprint density at radius 3 is 1.88 bits per heavy atom. The highest BCUT2D eigenvalue weighted by Gasteiger charge is 2.61. The van der Waals surface area contributed by atoms with Gasteiger partial charge in [0.1, 0.15) is 0 Å². The van der Waals surface area contributed by atoms with Crippen molar-refractivity contribution in [3.63, 3.8) is 0 Å². The van der Waals surface area contributed by atoms with Crippen LogP contribution in [0, 0.1) is 11.3 Å². The Labute approximate surface area is 156 Å². The Morgan fingerprint density at radius 2 is 1.25 bits per heavy atom.